The molecule has 0 bridgehead atoms. The zero-order valence-corrected chi connectivity index (χ0v) is 8.35. The lowest BCUT2D eigenvalue weighted by Gasteiger charge is -2.09. The highest BCUT2D eigenvalue weighted by atomic mass is 16.4. The number of rotatable bonds is 4. The van der Waals surface area contributed by atoms with Crippen LogP contribution in [0.5, 0.6) is 0 Å². The number of aryl methyl sites for hydroxylation is 1. The van der Waals surface area contributed by atoms with Gasteiger partial charge in [0.1, 0.15) is 6.04 Å². The van der Waals surface area contributed by atoms with Gasteiger partial charge in [0, 0.05) is 13.8 Å². The second-order valence-corrected chi connectivity index (χ2v) is 3.01. The van der Waals surface area contributed by atoms with Gasteiger partial charge in [0.05, 0.1) is 6.42 Å². The number of aliphatic carboxylic acids is 1. The van der Waals surface area contributed by atoms with Crippen molar-refractivity contribution in [2.45, 2.75) is 26.3 Å². The van der Waals surface area contributed by atoms with Crippen molar-refractivity contribution >= 4 is 11.9 Å². The van der Waals surface area contributed by atoms with E-state index in [0.717, 1.165) is 0 Å². The van der Waals surface area contributed by atoms with Crippen LogP contribution >= 0.6 is 0 Å². The molecule has 15 heavy (non-hydrogen) atoms. The minimum atomic E-state index is -1.14. The highest BCUT2D eigenvalue weighted by Gasteiger charge is 2.21. The van der Waals surface area contributed by atoms with Gasteiger partial charge in [-0.05, 0) is 0 Å². The summed E-state index contributed by atoms with van der Waals surface area (Å²) in [5.41, 5.74) is 0. The van der Waals surface area contributed by atoms with Gasteiger partial charge in [-0.1, -0.05) is 0 Å². The predicted molar refractivity (Wildman–Crippen MR) is 48.0 cm³/mol. The van der Waals surface area contributed by atoms with Gasteiger partial charge in [-0.2, -0.15) is 0 Å². The summed E-state index contributed by atoms with van der Waals surface area (Å²) in [5.74, 6) is -1.01. The van der Waals surface area contributed by atoms with Crippen molar-refractivity contribution in [3.8, 4) is 0 Å². The van der Waals surface area contributed by atoms with Gasteiger partial charge < -0.3 is 14.8 Å². The summed E-state index contributed by atoms with van der Waals surface area (Å²) in [5, 5.41) is 18.3. The van der Waals surface area contributed by atoms with Crippen molar-refractivity contribution in [1.82, 2.24) is 15.5 Å². The molecular formula is C8H11N3O4. The lowest BCUT2D eigenvalue weighted by Crippen LogP contribution is -2.41. The molecule has 0 unspecified atom stereocenters. The van der Waals surface area contributed by atoms with Gasteiger partial charge in [0.15, 0.2) is 0 Å². The molecule has 7 nitrogen and oxygen atoms in total. The maximum atomic E-state index is 10.7. The molecule has 0 spiro atoms. The Morgan fingerprint density at radius 1 is 1.53 bits per heavy atom. The normalized spacial score (nSPS) is 12.1. The number of hydrogen-bond donors (Lipinski definition) is 2. The van der Waals surface area contributed by atoms with Crippen LogP contribution in [0.1, 0.15) is 18.7 Å². The van der Waals surface area contributed by atoms with Crippen LogP contribution in [0.3, 0.4) is 0 Å². The van der Waals surface area contributed by atoms with E-state index in [1.807, 2.05) is 0 Å². The van der Waals surface area contributed by atoms with Crippen molar-refractivity contribution in [3.05, 3.63) is 11.8 Å². The molecule has 1 heterocycles. The number of nitrogens with one attached hydrogen (secondary N) is 1. The fourth-order valence-electron chi connectivity index (χ4n) is 1.04. The molecule has 0 aliphatic rings. The Labute approximate surface area is 85.5 Å². The van der Waals surface area contributed by atoms with Crippen molar-refractivity contribution < 1.29 is 19.1 Å². The molecule has 7 heteroatoms. The zero-order chi connectivity index (χ0) is 11.4. The number of carbonyl (C=O) groups excluding carboxylic acids is 1. The van der Waals surface area contributed by atoms with Crippen LogP contribution in [0.2, 0.25) is 0 Å². The molecule has 2 N–H and O–H groups in total. The molecule has 0 aliphatic heterocycles. The van der Waals surface area contributed by atoms with Crippen LogP contribution in [0.15, 0.2) is 4.42 Å². The van der Waals surface area contributed by atoms with E-state index in [9.17, 15) is 9.59 Å². The molecule has 0 saturated carbocycles. The molecule has 82 valence electrons. The second-order valence-electron chi connectivity index (χ2n) is 3.01. The first-order chi connectivity index (χ1) is 6.99. The second kappa shape index (κ2) is 4.54. The van der Waals surface area contributed by atoms with E-state index < -0.39 is 17.9 Å². The van der Waals surface area contributed by atoms with Gasteiger partial charge in [-0.15, -0.1) is 10.2 Å². The third kappa shape index (κ3) is 3.37. The van der Waals surface area contributed by atoms with Crippen molar-refractivity contribution in [2.24, 2.45) is 0 Å². The number of aromatic nitrogens is 2. The lowest BCUT2D eigenvalue weighted by atomic mass is 10.2. The van der Waals surface area contributed by atoms with Crippen LogP contribution in [-0.2, 0) is 16.0 Å². The largest absolute Gasteiger partial charge is 0.480 e. The van der Waals surface area contributed by atoms with Crippen molar-refractivity contribution in [3.63, 3.8) is 0 Å². The number of hydrogen-bond acceptors (Lipinski definition) is 5. The Balaban J connectivity index is 2.66. The van der Waals surface area contributed by atoms with Gasteiger partial charge in [0.2, 0.25) is 17.7 Å². The lowest BCUT2D eigenvalue weighted by molar-refractivity contribution is -0.141. The fourth-order valence-corrected chi connectivity index (χ4v) is 1.04. The summed E-state index contributed by atoms with van der Waals surface area (Å²) in [6, 6.07) is -1.04. The number of carboxylic acids is 1. The molecule has 0 fully saturated rings. The summed E-state index contributed by atoms with van der Waals surface area (Å²) in [6.45, 7) is 2.85. The van der Waals surface area contributed by atoms with Crippen molar-refractivity contribution in [1.29, 1.82) is 0 Å². The summed E-state index contributed by atoms with van der Waals surface area (Å²) in [6.07, 6.45) is -0.0181. The van der Waals surface area contributed by atoms with Gasteiger partial charge in [-0.25, -0.2) is 4.79 Å². The summed E-state index contributed by atoms with van der Waals surface area (Å²) >= 11 is 0. The van der Waals surface area contributed by atoms with E-state index in [2.05, 4.69) is 15.5 Å². The van der Waals surface area contributed by atoms with E-state index in [4.69, 9.17) is 9.52 Å². The van der Waals surface area contributed by atoms with Crippen LogP contribution < -0.4 is 5.32 Å². The van der Waals surface area contributed by atoms with Gasteiger partial charge in [-0.3, -0.25) is 4.79 Å². The number of amides is 1. The topological polar surface area (TPSA) is 105 Å². The Morgan fingerprint density at radius 3 is 2.60 bits per heavy atom. The average Bonchev–Trinajstić information content (AvgIpc) is 2.49. The molecule has 1 rings (SSSR count). The first-order valence-electron chi connectivity index (χ1n) is 4.28. The van der Waals surface area contributed by atoms with Crippen LogP contribution in [0.4, 0.5) is 0 Å². The molecule has 1 aromatic rings. The van der Waals surface area contributed by atoms with E-state index in [-0.39, 0.29) is 12.3 Å². The van der Waals surface area contributed by atoms with Crippen LogP contribution in [0, 0.1) is 6.92 Å². The van der Waals surface area contributed by atoms with E-state index in [0.29, 0.717) is 5.89 Å². The number of carboxylic acid groups (broad SMARTS) is 1. The summed E-state index contributed by atoms with van der Waals surface area (Å²) in [7, 11) is 0. The third-order valence-corrected chi connectivity index (χ3v) is 1.62. The molecule has 1 atom stereocenters. The maximum absolute atomic E-state index is 10.7. The van der Waals surface area contributed by atoms with Gasteiger partial charge in [0.25, 0.3) is 0 Å². The standard InChI is InChI=1S/C8H11N3O4/c1-4(12)9-6(8(13)14)3-7-11-10-5(2)15-7/h6H,3H2,1-2H3,(H,9,12)(H,13,14)/t6-/m0/s1. The van der Waals surface area contributed by atoms with Gasteiger partial charge >= 0.3 is 5.97 Å². The van der Waals surface area contributed by atoms with E-state index >= 15 is 0 Å². The number of carbonyl (C=O) groups is 2. The van der Waals surface area contributed by atoms with Crippen LogP contribution in [0.25, 0.3) is 0 Å². The Kier molecular flexibility index (Phi) is 3.37. The Bertz CT molecular complexity index is 374. The molecular weight excluding hydrogens is 202 g/mol. The minimum absolute atomic E-state index is 0.0181. The molecule has 0 aromatic carbocycles. The highest BCUT2D eigenvalue weighted by Crippen LogP contribution is 2.02. The zero-order valence-electron chi connectivity index (χ0n) is 8.35. The maximum Gasteiger partial charge on any atom is 0.326 e. The molecule has 0 saturated heterocycles. The molecule has 0 aliphatic carbocycles. The quantitative estimate of drug-likeness (QED) is 0.699. The van der Waals surface area contributed by atoms with E-state index in [1.54, 1.807) is 6.92 Å². The first kappa shape index (κ1) is 11.2. The average molecular weight is 213 g/mol. The first-order valence-corrected chi connectivity index (χ1v) is 4.28. The third-order valence-electron chi connectivity index (χ3n) is 1.62. The SMILES string of the molecule is CC(=O)N[C@@H](Cc1nnc(C)o1)C(=O)O. The van der Waals surface area contributed by atoms with Crippen LogP contribution in [-0.4, -0.2) is 33.2 Å². The molecule has 1 aromatic heterocycles. The fraction of sp³-hybridized carbons (Fsp3) is 0.500. The summed E-state index contributed by atoms with van der Waals surface area (Å²) in [4.78, 5) is 21.5. The van der Waals surface area contributed by atoms with Crippen molar-refractivity contribution in [2.75, 3.05) is 0 Å². The Morgan fingerprint density at radius 2 is 2.20 bits per heavy atom. The monoisotopic (exact) mass is 213 g/mol. The number of nitrogens with zero attached hydrogens (tertiary/aromatic N) is 2. The predicted octanol–water partition coefficient (Wildman–Crippen LogP) is -0.490. The smallest absolute Gasteiger partial charge is 0.326 e. The van der Waals surface area contributed by atoms with E-state index in [1.165, 1.54) is 6.92 Å². The minimum Gasteiger partial charge on any atom is -0.480 e. The Hall–Kier alpha value is -1.92. The molecule has 0 radical (unpaired) electrons. The summed E-state index contributed by atoms with van der Waals surface area (Å²) < 4.78 is 5.01. The highest BCUT2D eigenvalue weighted by molar-refractivity contribution is 5.82. The molecule has 1 amide bonds.